The van der Waals surface area contributed by atoms with E-state index in [1.807, 2.05) is 19.9 Å². The molecule has 0 amide bonds. The second kappa shape index (κ2) is 5.97. The number of hydrogen-bond donors (Lipinski definition) is 1. The van der Waals surface area contributed by atoms with Crippen LogP contribution in [0.1, 0.15) is 42.4 Å². The van der Waals surface area contributed by atoms with Crippen molar-refractivity contribution in [1.82, 2.24) is 0 Å². The third-order valence-corrected chi connectivity index (χ3v) is 5.48. The molecule has 2 rings (SSSR count). The normalized spacial score (nSPS) is 17.9. The molecule has 0 heterocycles. The van der Waals surface area contributed by atoms with E-state index in [0.717, 1.165) is 42.6 Å². The molecule has 0 radical (unpaired) electrons. The molecule has 0 aromatic heterocycles. The number of primary sulfonamides is 1. The van der Waals surface area contributed by atoms with Gasteiger partial charge < -0.3 is 4.74 Å². The van der Waals surface area contributed by atoms with Gasteiger partial charge in [0.15, 0.2) is 0 Å². The van der Waals surface area contributed by atoms with Crippen molar-refractivity contribution in [2.45, 2.75) is 46.5 Å². The molecular formula is C16H25NO3S. The first-order chi connectivity index (χ1) is 9.71. The van der Waals surface area contributed by atoms with Gasteiger partial charge in [0.05, 0.1) is 12.4 Å². The smallest absolute Gasteiger partial charge is 0.209 e. The molecule has 0 unspecified atom stereocenters. The Morgan fingerprint density at radius 2 is 1.81 bits per heavy atom. The highest BCUT2D eigenvalue weighted by molar-refractivity contribution is 7.89. The Hall–Kier alpha value is -1.07. The van der Waals surface area contributed by atoms with Crippen molar-refractivity contribution in [3.8, 4) is 5.75 Å². The molecule has 1 aliphatic carbocycles. The number of hydrogen-bond acceptors (Lipinski definition) is 3. The summed E-state index contributed by atoms with van der Waals surface area (Å²) in [6.07, 6.45) is 3.83. The van der Waals surface area contributed by atoms with Crippen molar-refractivity contribution >= 4 is 10.0 Å². The van der Waals surface area contributed by atoms with Crippen LogP contribution in [0.25, 0.3) is 0 Å². The first kappa shape index (κ1) is 16.3. The van der Waals surface area contributed by atoms with E-state index in [1.54, 1.807) is 0 Å². The molecule has 1 aromatic carbocycles. The van der Waals surface area contributed by atoms with Crippen LogP contribution in [0.5, 0.6) is 5.75 Å². The summed E-state index contributed by atoms with van der Waals surface area (Å²) >= 11 is 0. The molecule has 1 fully saturated rings. The predicted molar refractivity (Wildman–Crippen MR) is 85.0 cm³/mol. The van der Waals surface area contributed by atoms with Crippen LogP contribution < -0.4 is 9.88 Å². The fraction of sp³-hybridized carbons (Fsp3) is 0.625. The molecule has 0 spiro atoms. The zero-order chi connectivity index (χ0) is 15.7. The van der Waals surface area contributed by atoms with Gasteiger partial charge in [-0.05, 0) is 56.4 Å². The van der Waals surface area contributed by atoms with E-state index in [1.165, 1.54) is 5.56 Å². The quantitative estimate of drug-likeness (QED) is 0.909. The lowest BCUT2D eigenvalue weighted by Gasteiger charge is -2.28. The lowest BCUT2D eigenvalue weighted by molar-refractivity contribution is 0.169. The Morgan fingerprint density at radius 1 is 1.19 bits per heavy atom. The molecule has 1 saturated carbocycles. The van der Waals surface area contributed by atoms with E-state index in [0.29, 0.717) is 6.61 Å². The summed E-state index contributed by atoms with van der Waals surface area (Å²) in [6, 6.07) is 4.14. The maximum absolute atomic E-state index is 11.5. The van der Waals surface area contributed by atoms with Gasteiger partial charge in [0.25, 0.3) is 0 Å². The molecule has 1 aromatic rings. The van der Waals surface area contributed by atoms with Crippen LogP contribution in [0.2, 0.25) is 0 Å². The van der Waals surface area contributed by atoms with Gasteiger partial charge in [-0.3, -0.25) is 0 Å². The first-order valence-corrected chi connectivity index (χ1v) is 9.13. The van der Waals surface area contributed by atoms with Crippen molar-refractivity contribution in [3.63, 3.8) is 0 Å². The molecule has 0 bridgehead atoms. The van der Waals surface area contributed by atoms with Crippen LogP contribution in [0.15, 0.2) is 12.1 Å². The van der Waals surface area contributed by atoms with Crippen molar-refractivity contribution in [3.05, 3.63) is 28.8 Å². The third kappa shape index (κ3) is 4.20. The van der Waals surface area contributed by atoms with Crippen molar-refractivity contribution < 1.29 is 13.2 Å². The van der Waals surface area contributed by atoms with Gasteiger partial charge in [0.2, 0.25) is 10.0 Å². The average molecular weight is 311 g/mol. The van der Waals surface area contributed by atoms with Crippen LogP contribution in [-0.2, 0) is 10.0 Å². The topological polar surface area (TPSA) is 69.4 Å². The molecule has 4 nitrogen and oxygen atoms in total. The number of ether oxygens (including phenoxy) is 1. The fourth-order valence-electron chi connectivity index (χ4n) is 3.26. The van der Waals surface area contributed by atoms with Gasteiger partial charge in [0.1, 0.15) is 5.75 Å². The molecule has 1 aliphatic rings. The maximum atomic E-state index is 11.5. The van der Waals surface area contributed by atoms with E-state index in [-0.39, 0.29) is 11.2 Å². The monoisotopic (exact) mass is 311 g/mol. The Labute approximate surface area is 127 Å². The summed E-state index contributed by atoms with van der Waals surface area (Å²) in [5, 5.41) is 5.26. The van der Waals surface area contributed by atoms with Crippen molar-refractivity contribution in [2.75, 3.05) is 12.4 Å². The van der Waals surface area contributed by atoms with E-state index in [9.17, 15) is 8.42 Å². The lowest BCUT2D eigenvalue weighted by Crippen LogP contribution is -2.36. The van der Waals surface area contributed by atoms with Crippen LogP contribution in [-0.4, -0.2) is 20.8 Å². The minimum Gasteiger partial charge on any atom is -0.493 e. The van der Waals surface area contributed by atoms with E-state index >= 15 is 0 Å². The zero-order valence-corrected chi connectivity index (χ0v) is 13.9. The maximum Gasteiger partial charge on any atom is 0.209 e. The fourth-order valence-corrected chi connectivity index (χ4v) is 4.49. The Balaban J connectivity index is 2.16. The van der Waals surface area contributed by atoms with E-state index < -0.39 is 10.0 Å². The van der Waals surface area contributed by atoms with Gasteiger partial charge >= 0.3 is 0 Å². The van der Waals surface area contributed by atoms with Crippen LogP contribution >= 0.6 is 0 Å². The Kier molecular flexibility index (Phi) is 4.63. The molecule has 0 saturated heterocycles. The standard InChI is InChI=1S/C16H25NO3S/c1-12-8-13(2)14(3)15(9-12)20-10-16(6-4-5-7-16)11-21(17,18)19/h8-9H,4-7,10-11H2,1-3H3,(H2,17,18,19). The molecule has 21 heavy (non-hydrogen) atoms. The highest BCUT2D eigenvalue weighted by atomic mass is 32.2. The Morgan fingerprint density at radius 3 is 2.38 bits per heavy atom. The minimum absolute atomic E-state index is 0.0177. The summed E-state index contributed by atoms with van der Waals surface area (Å²) in [7, 11) is -3.48. The first-order valence-electron chi connectivity index (χ1n) is 7.42. The average Bonchev–Trinajstić information content (AvgIpc) is 2.78. The predicted octanol–water partition coefficient (Wildman–Crippen LogP) is 2.84. The van der Waals surface area contributed by atoms with Crippen molar-refractivity contribution in [2.24, 2.45) is 10.6 Å². The van der Waals surface area contributed by atoms with Gasteiger partial charge in [-0.15, -0.1) is 0 Å². The summed E-state index contributed by atoms with van der Waals surface area (Å²) in [5.41, 5.74) is 3.14. The minimum atomic E-state index is -3.48. The van der Waals surface area contributed by atoms with Gasteiger partial charge in [-0.25, -0.2) is 13.6 Å². The molecule has 0 aliphatic heterocycles. The SMILES string of the molecule is Cc1cc(C)c(C)c(OCC2(CS(N)(=O)=O)CCCC2)c1. The number of rotatable bonds is 5. The summed E-state index contributed by atoms with van der Waals surface area (Å²) in [6.45, 7) is 6.55. The zero-order valence-electron chi connectivity index (χ0n) is 13.1. The molecule has 5 heteroatoms. The van der Waals surface area contributed by atoms with Crippen LogP contribution in [0.4, 0.5) is 0 Å². The van der Waals surface area contributed by atoms with Crippen molar-refractivity contribution in [1.29, 1.82) is 0 Å². The van der Waals surface area contributed by atoms with Crippen LogP contribution in [0, 0.1) is 26.2 Å². The second-order valence-electron chi connectivity index (χ2n) is 6.51. The largest absolute Gasteiger partial charge is 0.493 e. The lowest BCUT2D eigenvalue weighted by atomic mass is 9.90. The number of aryl methyl sites for hydroxylation is 2. The van der Waals surface area contributed by atoms with E-state index in [2.05, 4.69) is 13.0 Å². The summed E-state index contributed by atoms with van der Waals surface area (Å²) in [5.74, 6) is 0.873. The molecule has 0 atom stereocenters. The van der Waals surface area contributed by atoms with Gasteiger partial charge in [-0.1, -0.05) is 18.9 Å². The number of nitrogens with two attached hydrogens (primary N) is 1. The molecule has 2 N–H and O–H groups in total. The second-order valence-corrected chi connectivity index (χ2v) is 8.12. The third-order valence-electron chi connectivity index (χ3n) is 4.47. The summed E-state index contributed by atoms with van der Waals surface area (Å²) < 4.78 is 29.0. The highest BCUT2D eigenvalue weighted by Crippen LogP contribution is 2.40. The number of benzene rings is 1. The van der Waals surface area contributed by atoms with E-state index in [4.69, 9.17) is 9.88 Å². The molecular weight excluding hydrogens is 286 g/mol. The summed E-state index contributed by atoms with van der Waals surface area (Å²) in [4.78, 5) is 0. The van der Waals surface area contributed by atoms with Gasteiger partial charge in [0, 0.05) is 5.41 Å². The van der Waals surface area contributed by atoms with Crippen LogP contribution in [0.3, 0.4) is 0 Å². The van der Waals surface area contributed by atoms with Gasteiger partial charge in [-0.2, -0.15) is 0 Å². The number of sulfonamides is 1. The Bertz CT molecular complexity index is 617. The molecule has 118 valence electrons. The highest BCUT2D eigenvalue weighted by Gasteiger charge is 2.38.